The lowest BCUT2D eigenvalue weighted by molar-refractivity contribution is -0.0526. The highest BCUT2D eigenvalue weighted by Gasteiger charge is 2.41. The average molecular weight is 279 g/mol. The largest absolute Gasteiger partial charge is 0.383 e. The molecule has 2 aliphatic heterocycles. The quantitative estimate of drug-likeness (QED) is 0.854. The Bertz CT molecular complexity index is 449. The van der Waals surface area contributed by atoms with E-state index in [1.807, 2.05) is 11.0 Å². The van der Waals surface area contributed by atoms with Crippen LogP contribution in [-0.4, -0.2) is 79.3 Å². The first-order chi connectivity index (χ1) is 9.79. The van der Waals surface area contributed by atoms with E-state index >= 15 is 0 Å². The number of ether oxygens (including phenoxy) is 2. The molecule has 1 amide bonds. The van der Waals surface area contributed by atoms with E-state index in [2.05, 4.69) is 9.88 Å². The molecule has 1 aromatic rings. The number of nitrogens with zero attached hydrogens (tertiary/aromatic N) is 2. The minimum Gasteiger partial charge on any atom is -0.383 e. The number of hydrogen-bond donors (Lipinski definition) is 1. The van der Waals surface area contributed by atoms with Gasteiger partial charge in [-0.05, 0) is 6.07 Å². The molecule has 2 atom stereocenters. The van der Waals surface area contributed by atoms with Gasteiger partial charge < -0.3 is 19.4 Å². The van der Waals surface area contributed by atoms with E-state index in [0.717, 1.165) is 32.8 Å². The molecule has 2 aliphatic rings. The van der Waals surface area contributed by atoms with E-state index < -0.39 is 0 Å². The molecule has 3 rings (SSSR count). The zero-order valence-corrected chi connectivity index (χ0v) is 11.7. The van der Waals surface area contributed by atoms with Gasteiger partial charge in [0, 0.05) is 45.7 Å². The highest BCUT2D eigenvalue weighted by atomic mass is 16.5. The summed E-state index contributed by atoms with van der Waals surface area (Å²) in [5.41, 5.74) is 0.715. The number of morpholine rings is 1. The monoisotopic (exact) mass is 279 g/mol. The van der Waals surface area contributed by atoms with Crippen LogP contribution in [0.3, 0.4) is 0 Å². The number of carbonyl (C=O) groups excluding carboxylic acids is 1. The summed E-state index contributed by atoms with van der Waals surface area (Å²) in [6, 6.07) is 2.11. The third-order valence-corrected chi connectivity index (χ3v) is 4.13. The maximum absolute atomic E-state index is 12.4. The van der Waals surface area contributed by atoms with Crippen LogP contribution in [0.4, 0.5) is 0 Å². The van der Waals surface area contributed by atoms with Gasteiger partial charge >= 0.3 is 0 Å². The summed E-state index contributed by atoms with van der Waals surface area (Å²) in [5.74, 6) is 0.0796. The highest BCUT2D eigenvalue weighted by Crippen LogP contribution is 2.24. The summed E-state index contributed by atoms with van der Waals surface area (Å²) in [4.78, 5) is 19.6. The van der Waals surface area contributed by atoms with Crippen LogP contribution >= 0.6 is 0 Å². The van der Waals surface area contributed by atoms with Crippen molar-refractivity contribution in [3.8, 4) is 0 Å². The Morgan fingerprint density at radius 2 is 2.45 bits per heavy atom. The van der Waals surface area contributed by atoms with Gasteiger partial charge in [-0.25, -0.2) is 0 Å². The maximum atomic E-state index is 12.4. The summed E-state index contributed by atoms with van der Waals surface area (Å²) in [5, 5.41) is 0. The molecule has 6 nitrogen and oxygen atoms in total. The summed E-state index contributed by atoms with van der Waals surface area (Å²) >= 11 is 0. The standard InChI is InChI=1S/C14H21N3O3/c1-19-6-4-16-5-7-20-13-10-17(9-12(13)16)14(18)11-2-3-15-8-11/h2-3,8,12-13,15H,4-7,9-10H2,1H3/t12-,13+/m1/s1. The number of methoxy groups -OCH3 is 1. The van der Waals surface area contributed by atoms with E-state index in [-0.39, 0.29) is 12.0 Å². The fourth-order valence-electron chi connectivity index (χ4n) is 3.05. The number of H-pyrrole nitrogens is 1. The van der Waals surface area contributed by atoms with Gasteiger partial charge in [0.25, 0.3) is 5.91 Å². The number of carbonyl (C=O) groups is 1. The number of likely N-dealkylation sites (tertiary alicyclic amines) is 1. The molecule has 110 valence electrons. The lowest BCUT2D eigenvalue weighted by Gasteiger charge is -2.36. The lowest BCUT2D eigenvalue weighted by atomic mass is 10.1. The van der Waals surface area contributed by atoms with Crippen LogP contribution in [-0.2, 0) is 9.47 Å². The molecule has 0 spiro atoms. The molecule has 1 N–H and O–H groups in total. The number of hydrogen-bond acceptors (Lipinski definition) is 4. The predicted molar refractivity (Wildman–Crippen MR) is 73.7 cm³/mol. The van der Waals surface area contributed by atoms with Gasteiger partial charge in [-0.2, -0.15) is 0 Å². The first-order valence-electron chi connectivity index (χ1n) is 7.06. The van der Waals surface area contributed by atoms with Crippen LogP contribution in [0.15, 0.2) is 18.5 Å². The number of amides is 1. The van der Waals surface area contributed by atoms with Crippen molar-refractivity contribution in [1.29, 1.82) is 0 Å². The van der Waals surface area contributed by atoms with Gasteiger partial charge in [0.15, 0.2) is 0 Å². The van der Waals surface area contributed by atoms with Crippen molar-refractivity contribution in [1.82, 2.24) is 14.8 Å². The molecule has 0 bridgehead atoms. The molecule has 6 heteroatoms. The second-order valence-electron chi connectivity index (χ2n) is 5.32. The second kappa shape index (κ2) is 5.95. The fourth-order valence-corrected chi connectivity index (χ4v) is 3.05. The molecule has 0 aromatic carbocycles. The fraction of sp³-hybridized carbons (Fsp3) is 0.643. The smallest absolute Gasteiger partial charge is 0.255 e. The molecule has 1 aromatic heterocycles. The van der Waals surface area contributed by atoms with Crippen molar-refractivity contribution in [3.63, 3.8) is 0 Å². The molecule has 2 saturated heterocycles. The molecule has 0 aliphatic carbocycles. The Morgan fingerprint density at radius 1 is 1.55 bits per heavy atom. The summed E-state index contributed by atoms with van der Waals surface area (Å²) in [7, 11) is 1.72. The third kappa shape index (κ3) is 2.59. The lowest BCUT2D eigenvalue weighted by Crippen LogP contribution is -2.51. The van der Waals surface area contributed by atoms with Crippen molar-refractivity contribution in [2.24, 2.45) is 0 Å². The Kier molecular flexibility index (Phi) is 4.05. The van der Waals surface area contributed by atoms with Crippen LogP contribution in [0.1, 0.15) is 10.4 Å². The van der Waals surface area contributed by atoms with Gasteiger partial charge in [-0.15, -0.1) is 0 Å². The molecular weight excluding hydrogens is 258 g/mol. The average Bonchev–Trinajstić information content (AvgIpc) is 3.12. The highest BCUT2D eigenvalue weighted by molar-refractivity contribution is 5.94. The van der Waals surface area contributed by atoms with Crippen LogP contribution < -0.4 is 0 Å². The van der Waals surface area contributed by atoms with Gasteiger partial charge in [0.2, 0.25) is 0 Å². The van der Waals surface area contributed by atoms with E-state index in [0.29, 0.717) is 18.2 Å². The number of fused-ring (bicyclic) bond motifs is 1. The van der Waals surface area contributed by atoms with Crippen molar-refractivity contribution in [2.75, 3.05) is 46.5 Å². The predicted octanol–water partition coefficient (Wildman–Crippen LogP) is 0.186. The summed E-state index contributed by atoms with van der Waals surface area (Å²) in [6.45, 7) is 4.67. The van der Waals surface area contributed by atoms with Crippen LogP contribution in [0, 0.1) is 0 Å². The summed E-state index contributed by atoms with van der Waals surface area (Å²) < 4.78 is 11.0. The molecule has 3 heterocycles. The molecule has 0 saturated carbocycles. The van der Waals surface area contributed by atoms with Gasteiger partial charge in [0.05, 0.1) is 30.9 Å². The van der Waals surface area contributed by atoms with Crippen molar-refractivity contribution < 1.29 is 14.3 Å². The van der Waals surface area contributed by atoms with E-state index in [1.165, 1.54) is 0 Å². The minimum absolute atomic E-state index is 0.0796. The topological polar surface area (TPSA) is 57.8 Å². The van der Waals surface area contributed by atoms with Gasteiger partial charge in [0.1, 0.15) is 0 Å². The minimum atomic E-state index is 0.0796. The molecule has 0 unspecified atom stereocenters. The first-order valence-corrected chi connectivity index (χ1v) is 7.06. The molecule has 20 heavy (non-hydrogen) atoms. The second-order valence-corrected chi connectivity index (χ2v) is 5.32. The number of aromatic nitrogens is 1. The zero-order valence-electron chi connectivity index (χ0n) is 11.7. The molecular formula is C14H21N3O3. The SMILES string of the molecule is COCCN1CCO[C@H]2CN(C(=O)c3cc[nH]c3)C[C@H]21. The van der Waals surface area contributed by atoms with E-state index in [9.17, 15) is 4.79 Å². The normalized spacial score (nSPS) is 26.8. The van der Waals surface area contributed by atoms with Crippen molar-refractivity contribution in [2.45, 2.75) is 12.1 Å². The van der Waals surface area contributed by atoms with Crippen molar-refractivity contribution >= 4 is 5.91 Å². The van der Waals surface area contributed by atoms with Gasteiger partial charge in [-0.1, -0.05) is 0 Å². The van der Waals surface area contributed by atoms with Crippen LogP contribution in [0.2, 0.25) is 0 Å². The maximum Gasteiger partial charge on any atom is 0.255 e. The Balaban J connectivity index is 1.66. The Labute approximate surface area is 118 Å². The molecule has 0 radical (unpaired) electrons. The number of rotatable bonds is 4. The molecule has 2 fully saturated rings. The number of aromatic amines is 1. The summed E-state index contributed by atoms with van der Waals surface area (Å²) in [6.07, 6.45) is 3.65. The van der Waals surface area contributed by atoms with Gasteiger partial charge in [-0.3, -0.25) is 9.69 Å². The number of nitrogens with one attached hydrogen (secondary N) is 1. The van der Waals surface area contributed by atoms with Crippen LogP contribution in [0.25, 0.3) is 0 Å². The first kappa shape index (κ1) is 13.6. The Hall–Kier alpha value is -1.37. The third-order valence-electron chi connectivity index (χ3n) is 4.13. The van der Waals surface area contributed by atoms with Crippen LogP contribution in [0.5, 0.6) is 0 Å². The Morgan fingerprint density at radius 3 is 3.20 bits per heavy atom. The van der Waals surface area contributed by atoms with E-state index in [1.54, 1.807) is 19.5 Å². The van der Waals surface area contributed by atoms with E-state index in [4.69, 9.17) is 9.47 Å². The zero-order chi connectivity index (χ0) is 13.9. The van der Waals surface area contributed by atoms with Crippen molar-refractivity contribution in [3.05, 3.63) is 24.0 Å².